The van der Waals surface area contributed by atoms with Crippen LogP contribution in [-0.4, -0.2) is 18.0 Å². The molecule has 0 aliphatic rings. The van der Waals surface area contributed by atoms with Gasteiger partial charge in [-0.1, -0.05) is 39.0 Å². The van der Waals surface area contributed by atoms with Crippen LogP contribution in [0.4, 0.5) is 0 Å². The maximum Gasteiger partial charge on any atom is 0.150 e. The molecule has 0 radical (unpaired) electrons. The summed E-state index contributed by atoms with van der Waals surface area (Å²) in [6.45, 7) is 2.22. The van der Waals surface area contributed by atoms with Crippen molar-refractivity contribution in [3.05, 3.63) is 5.21 Å². The van der Waals surface area contributed by atoms with Gasteiger partial charge in [0.2, 0.25) is 0 Å². The molecule has 0 aliphatic carbocycles. The minimum absolute atomic E-state index is 0.895. The molecule has 0 spiro atoms. The van der Waals surface area contributed by atoms with E-state index in [1.165, 1.54) is 39.2 Å². The van der Waals surface area contributed by atoms with Gasteiger partial charge in [-0.15, -0.1) is 0 Å². The summed E-state index contributed by atoms with van der Waals surface area (Å²) < 4.78 is 0.895. The Morgan fingerprint density at radius 1 is 1.08 bits per heavy atom. The van der Waals surface area contributed by atoms with Gasteiger partial charge in [0.25, 0.3) is 0 Å². The first kappa shape index (κ1) is 11.5. The predicted molar refractivity (Wildman–Crippen MR) is 53.6 cm³/mol. The van der Waals surface area contributed by atoms with Crippen molar-refractivity contribution in [3.63, 3.8) is 0 Å². The highest BCUT2D eigenvalue weighted by Gasteiger charge is 1.89. The maximum atomic E-state index is 10.4. The number of nitrogens with zero attached hydrogens (tertiary/aromatic N) is 1. The summed E-state index contributed by atoms with van der Waals surface area (Å²) in [6.07, 6.45) is 10.4. The summed E-state index contributed by atoms with van der Waals surface area (Å²) in [6, 6.07) is 0. The van der Waals surface area contributed by atoms with Gasteiger partial charge in [0, 0.05) is 6.42 Å². The smallest absolute Gasteiger partial charge is 0.150 e. The first-order valence-electron chi connectivity index (χ1n) is 5.00. The molecule has 0 rings (SSSR count). The molecule has 0 aromatic heterocycles. The second-order valence-corrected chi connectivity index (χ2v) is 3.29. The molecular weight excluding hydrogens is 150 g/mol. The largest absolute Gasteiger partial charge is 0.624 e. The van der Waals surface area contributed by atoms with Gasteiger partial charge in [0.15, 0.2) is 6.21 Å². The van der Waals surface area contributed by atoms with Gasteiger partial charge in [-0.25, -0.2) is 4.74 Å². The third-order valence-corrected chi connectivity index (χ3v) is 1.94. The Bertz CT molecular complexity index is 117. The fourth-order valence-corrected chi connectivity index (χ4v) is 1.20. The van der Waals surface area contributed by atoms with Gasteiger partial charge in [0.05, 0.1) is 0 Å². The van der Waals surface area contributed by atoms with Crippen LogP contribution in [0.15, 0.2) is 0 Å². The summed E-state index contributed by atoms with van der Waals surface area (Å²) in [5.41, 5.74) is 0. The van der Waals surface area contributed by atoms with E-state index < -0.39 is 0 Å². The summed E-state index contributed by atoms with van der Waals surface area (Å²) in [5.74, 6) is 0. The lowest BCUT2D eigenvalue weighted by atomic mass is 10.1. The van der Waals surface area contributed by atoms with E-state index in [-0.39, 0.29) is 0 Å². The number of hydrogen-bond acceptors (Lipinski definition) is 1. The number of hydrogen-bond donors (Lipinski definition) is 0. The van der Waals surface area contributed by atoms with E-state index in [0.717, 1.165) is 17.6 Å². The van der Waals surface area contributed by atoms with Gasteiger partial charge in [-0.05, 0) is 6.42 Å². The lowest BCUT2D eigenvalue weighted by Crippen LogP contribution is -1.95. The molecule has 0 aliphatic heterocycles. The highest BCUT2D eigenvalue weighted by molar-refractivity contribution is 5.50. The van der Waals surface area contributed by atoms with Crippen molar-refractivity contribution in [1.82, 2.24) is 0 Å². The van der Waals surface area contributed by atoms with Crippen LogP contribution < -0.4 is 0 Å². The van der Waals surface area contributed by atoms with Crippen molar-refractivity contribution in [2.45, 2.75) is 51.9 Å². The monoisotopic (exact) mass is 171 g/mol. The summed E-state index contributed by atoms with van der Waals surface area (Å²) >= 11 is 0. The fourth-order valence-electron chi connectivity index (χ4n) is 1.20. The van der Waals surface area contributed by atoms with Crippen LogP contribution in [0.5, 0.6) is 0 Å². The lowest BCUT2D eigenvalue weighted by Gasteiger charge is -1.97. The molecule has 0 fully saturated rings. The third kappa shape index (κ3) is 9.47. The van der Waals surface area contributed by atoms with E-state index in [1.54, 1.807) is 6.21 Å². The molecule has 0 aromatic carbocycles. The second-order valence-electron chi connectivity index (χ2n) is 3.29. The van der Waals surface area contributed by atoms with Crippen molar-refractivity contribution in [2.24, 2.45) is 0 Å². The molecule has 0 amide bonds. The summed E-state index contributed by atoms with van der Waals surface area (Å²) in [4.78, 5) is 0. The molecule has 0 aromatic rings. The molecule has 72 valence electrons. The van der Waals surface area contributed by atoms with E-state index in [4.69, 9.17) is 0 Å². The molecule has 0 saturated carbocycles. The average Bonchev–Trinajstić information content (AvgIpc) is 2.02. The topological polar surface area (TPSA) is 26.1 Å². The number of unbranched alkanes of at least 4 members (excludes halogenated alkanes) is 6. The zero-order chi connectivity index (χ0) is 9.23. The Labute approximate surface area is 75.9 Å². The molecule has 2 nitrogen and oxygen atoms in total. The Morgan fingerprint density at radius 3 is 2.25 bits per heavy atom. The first-order valence-corrected chi connectivity index (χ1v) is 5.00. The van der Waals surface area contributed by atoms with Crippen molar-refractivity contribution in [1.29, 1.82) is 0 Å². The quantitative estimate of drug-likeness (QED) is 0.190. The van der Waals surface area contributed by atoms with Crippen LogP contribution in [-0.2, 0) is 0 Å². The SMILES string of the molecule is CCCCCCCC/C=[N+](\C)[O-]. The molecule has 0 atom stereocenters. The van der Waals surface area contributed by atoms with Crippen LogP contribution in [0.25, 0.3) is 0 Å². The van der Waals surface area contributed by atoms with Crippen molar-refractivity contribution >= 4 is 6.21 Å². The molecule has 0 saturated heterocycles. The van der Waals surface area contributed by atoms with E-state index in [2.05, 4.69) is 6.92 Å². The van der Waals surface area contributed by atoms with E-state index in [1.807, 2.05) is 0 Å². The predicted octanol–water partition coefficient (Wildman–Crippen LogP) is 2.95. The number of rotatable bonds is 7. The lowest BCUT2D eigenvalue weighted by molar-refractivity contribution is -0.418. The maximum absolute atomic E-state index is 10.4. The first-order chi connectivity index (χ1) is 5.77. The van der Waals surface area contributed by atoms with E-state index in [0.29, 0.717) is 0 Å². The molecule has 0 heterocycles. The summed E-state index contributed by atoms with van der Waals surface area (Å²) in [7, 11) is 1.54. The molecule has 12 heavy (non-hydrogen) atoms. The van der Waals surface area contributed by atoms with Gasteiger partial charge >= 0.3 is 0 Å². The molecule has 2 heteroatoms. The van der Waals surface area contributed by atoms with Crippen molar-refractivity contribution in [2.75, 3.05) is 7.05 Å². The zero-order valence-corrected chi connectivity index (χ0v) is 8.38. The van der Waals surface area contributed by atoms with E-state index in [9.17, 15) is 5.21 Å². The Kier molecular flexibility index (Phi) is 8.19. The minimum atomic E-state index is 0.895. The van der Waals surface area contributed by atoms with Gasteiger partial charge in [-0.3, -0.25) is 0 Å². The van der Waals surface area contributed by atoms with Gasteiger partial charge in [0.1, 0.15) is 7.05 Å². The van der Waals surface area contributed by atoms with Crippen LogP contribution in [0, 0.1) is 5.21 Å². The molecule has 0 bridgehead atoms. The summed E-state index contributed by atoms with van der Waals surface area (Å²) in [5, 5.41) is 10.4. The van der Waals surface area contributed by atoms with Crippen molar-refractivity contribution < 1.29 is 4.74 Å². The van der Waals surface area contributed by atoms with Crippen LogP contribution >= 0.6 is 0 Å². The standard InChI is InChI=1S/C10H21NO/c1-3-4-5-6-7-8-9-10-11(2)12/h10H,3-9H2,1-2H3/b11-10+. The van der Waals surface area contributed by atoms with Crippen LogP contribution in [0.1, 0.15) is 51.9 Å². The van der Waals surface area contributed by atoms with Crippen LogP contribution in [0.2, 0.25) is 0 Å². The Balaban J connectivity index is 2.96. The van der Waals surface area contributed by atoms with Crippen molar-refractivity contribution in [3.8, 4) is 0 Å². The zero-order valence-electron chi connectivity index (χ0n) is 8.38. The van der Waals surface area contributed by atoms with Crippen LogP contribution in [0.3, 0.4) is 0 Å². The molecule has 0 unspecified atom stereocenters. The Morgan fingerprint density at radius 2 is 1.67 bits per heavy atom. The molecule has 0 N–H and O–H groups in total. The van der Waals surface area contributed by atoms with E-state index >= 15 is 0 Å². The van der Waals surface area contributed by atoms with Gasteiger partial charge in [-0.2, -0.15) is 0 Å². The normalized spacial score (nSPS) is 12.0. The average molecular weight is 171 g/mol. The third-order valence-electron chi connectivity index (χ3n) is 1.94. The highest BCUT2D eigenvalue weighted by atomic mass is 16.5. The minimum Gasteiger partial charge on any atom is -0.624 e. The molecular formula is C10H21NO. The second kappa shape index (κ2) is 8.57. The fraction of sp³-hybridized carbons (Fsp3) is 0.900. The highest BCUT2D eigenvalue weighted by Crippen LogP contribution is 2.05. The number of hydroxylamine groups is 1. The van der Waals surface area contributed by atoms with Gasteiger partial charge < -0.3 is 5.21 Å². The Hall–Kier alpha value is -0.530.